The molecule has 0 bridgehead atoms. The van der Waals surface area contributed by atoms with Gasteiger partial charge in [-0.25, -0.2) is 0 Å². The van der Waals surface area contributed by atoms with Crippen LogP contribution in [0.1, 0.15) is 43.1 Å². The van der Waals surface area contributed by atoms with Gasteiger partial charge in [-0.05, 0) is 37.4 Å². The zero-order valence-electron chi connectivity index (χ0n) is 13.0. The van der Waals surface area contributed by atoms with Gasteiger partial charge in [0.15, 0.2) is 5.82 Å². The van der Waals surface area contributed by atoms with E-state index in [1.54, 1.807) is 0 Å². The zero-order chi connectivity index (χ0) is 15.4. The second-order valence-electron chi connectivity index (χ2n) is 5.93. The highest BCUT2D eigenvalue weighted by Crippen LogP contribution is 2.30. The van der Waals surface area contributed by atoms with Crippen molar-refractivity contribution in [3.63, 3.8) is 0 Å². The average Bonchev–Trinajstić information content (AvgIpc) is 3.03. The zero-order valence-corrected chi connectivity index (χ0v) is 13.0. The first-order chi connectivity index (χ1) is 10.8. The van der Waals surface area contributed by atoms with Crippen LogP contribution in [0, 0.1) is 5.92 Å². The van der Waals surface area contributed by atoms with Gasteiger partial charge >= 0.3 is 0 Å². The molecule has 0 spiro atoms. The minimum absolute atomic E-state index is 0.326. The van der Waals surface area contributed by atoms with Gasteiger partial charge in [0.2, 0.25) is 5.89 Å². The number of aromatic nitrogens is 2. The first-order valence-electron chi connectivity index (χ1n) is 8.03. The van der Waals surface area contributed by atoms with Crippen molar-refractivity contribution in [2.24, 2.45) is 5.92 Å². The summed E-state index contributed by atoms with van der Waals surface area (Å²) in [6, 6.07) is 9.94. The van der Waals surface area contributed by atoms with Gasteiger partial charge in [0, 0.05) is 6.42 Å². The second-order valence-corrected chi connectivity index (χ2v) is 5.93. The van der Waals surface area contributed by atoms with Gasteiger partial charge in [0.25, 0.3) is 0 Å². The Bertz CT molecular complexity index is 577. The van der Waals surface area contributed by atoms with Crippen LogP contribution in [0.25, 0.3) is 0 Å². The molecule has 0 amide bonds. The number of hydrogen-bond donors (Lipinski definition) is 1. The molecule has 118 valence electrons. The fraction of sp³-hybridized carbons (Fsp3) is 0.529. The van der Waals surface area contributed by atoms with Crippen LogP contribution in [0.15, 0.2) is 34.9 Å². The maximum Gasteiger partial charge on any atom is 0.240 e. The molecule has 0 saturated carbocycles. The molecule has 1 saturated heterocycles. The van der Waals surface area contributed by atoms with E-state index >= 15 is 0 Å². The first-order valence-corrected chi connectivity index (χ1v) is 8.03. The molecule has 3 rings (SSSR count). The molecule has 1 aliphatic rings. The molecule has 1 atom stereocenters. The van der Waals surface area contributed by atoms with Crippen LogP contribution in [0.2, 0.25) is 0 Å². The van der Waals surface area contributed by atoms with E-state index in [2.05, 4.69) is 15.0 Å². The van der Waals surface area contributed by atoms with E-state index in [-0.39, 0.29) is 6.10 Å². The number of rotatable bonds is 5. The van der Waals surface area contributed by atoms with Crippen LogP contribution >= 0.6 is 0 Å². The normalized spacial score (nSPS) is 18.5. The minimum Gasteiger partial charge on any atom is -0.388 e. The summed E-state index contributed by atoms with van der Waals surface area (Å²) in [6.45, 7) is 4.64. The van der Waals surface area contributed by atoms with E-state index in [4.69, 9.17) is 4.52 Å². The SMILES string of the molecule is CCc1noc(CN2CCC(C(O)c3ccccc3)CC2)n1. The highest BCUT2D eigenvalue weighted by atomic mass is 16.5. The lowest BCUT2D eigenvalue weighted by Crippen LogP contribution is -2.35. The molecule has 1 unspecified atom stereocenters. The number of likely N-dealkylation sites (tertiary alicyclic amines) is 1. The summed E-state index contributed by atoms with van der Waals surface area (Å²) in [4.78, 5) is 6.68. The van der Waals surface area contributed by atoms with Crippen molar-refractivity contribution in [3.05, 3.63) is 47.6 Å². The third-order valence-corrected chi connectivity index (χ3v) is 4.41. The van der Waals surface area contributed by atoms with Crippen LogP contribution in [-0.4, -0.2) is 33.2 Å². The maximum absolute atomic E-state index is 10.5. The van der Waals surface area contributed by atoms with Crippen molar-refractivity contribution in [3.8, 4) is 0 Å². The summed E-state index contributed by atoms with van der Waals surface area (Å²) in [5.74, 6) is 1.79. The predicted molar refractivity (Wildman–Crippen MR) is 83.1 cm³/mol. The summed E-state index contributed by atoms with van der Waals surface area (Å²) < 4.78 is 5.25. The molecule has 5 nitrogen and oxygen atoms in total. The Labute approximate surface area is 131 Å². The van der Waals surface area contributed by atoms with E-state index in [0.29, 0.717) is 18.4 Å². The monoisotopic (exact) mass is 301 g/mol. The molecule has 22 heavy (non-hydrogen) atoms. The maximum atomic E-state index is 10.5. The van der Waals surface area contributed by atoms with Crippen LogP contribution in [0.4, 0.5) is 0 Å². The van der Waals surface area contributed by atoms with Crippen LogP contribution in [-0.2, 0) is 13.0 Å². The summed E-state index contributed by atoms with van der Waals surface area (Å²) in [5.41, 5.74) is 1.02. The van der Waals surface area contributed by atoms with Gasteiger partial charge in [-0.3, -0.25) is 4.90 Å². The first kappa shape index (κ1) is 15.2. The fourth-order valence-corrected chi connectivity index (χ4v) is 3.04. The standard InChI is InChI=1S/C17H23N3O2/c1-2-15-18-16(22-19-15)12-20-10-8-14(9-11-20)17(21)13-6-4-3-5-7-13/h3-7,14,17,21H,2,8-12H2,1H3. The Kier molecular flexibility index (Phi) is 4.85. The minimum atomic E-state index is -0.363. The van der Waals surface area contributed by atoms with Crippen molar-refractivity contribution >= 4 is 0 Å². The van der Waals surface area contributed by atoms with Crippen LogP contribution in [0.3, 0.4) is 0 Å². The van der Waals surface area contributed by atoms with Crippen molar-refractivity contribution < 1.29 is 9.63 Å². The molecular weight excluding hydrogens is 278 g/mol. The van der Waals surface area contributed by atoms with Gasteiger partial charge in [-0.2, -0.15) is 4.98 Å². The fourth-order valence-electron chi connectivity index (χ4n) is 3.04. The van der Waals surface area contributed by atoms with E-state index in [1.165, 1.54) is 0 Å². The molecule has 1 aromatic heterocycles. The van der Waals surface area contributed by atoms with Gasteiger partial charge in [-0.15, -0.1) is 0 Å². The molecule has 1 aromatic carbocycles. The van der Waals surface area contributed by atoms with E-state index < -0.39 is 0 Å². The van der Waals surface area contributed by atoms with Gasteiger partial charge in [0.05, 0.1) is 12.6 Å². The lowest BCUT2D eigenvalue weighted by molar-refractivity contribution is 0.0538. The average molecular weight is 301 g/mol. The molecule has 2 heterocycles. The molecular formula is C17H23N3O2. The van der Waals surface area contributed by atoms with Crippen molar-refractivity contribution in [1.29, 1.82) is 0 Å². The highest BCUT2D eigenvalue weighted by Gasteiger charge is 2.26. The molecule has 5 heteroatoms. The summed E-state index contributed by atoms with van der Waals surface area (Å²) in [7, 11) is 0. The number of piperidine rings is 1. The third-order valence-electron chi connectivity index (χ3n) is 4.41. The topological polar surface area (TPSA) is 62.4 Å². The van der Waals surface area contributed by atoms with E-state index in [1.807, 2.05) is 37.3 Å². The van der Waals surface area contributed by atoms with Gasteiger partial charge in [-0.1, -0.05) is 42.4 Å². The quantitative estimate of drug-likeness (QED) is 0.919. The summed E-state index contributed by atoms with van der Waals surface area (Å²) >= 11 is 0. The third kappa shape index (κ3) is 3.54. The van der Waals surface area contributed by atoms with Gasteiger partial charge in [0.1, 0.15) is 0 Å². The Morgan fingerprint density at radius 2 is 2.00 bits per heavy atom. The Balaban J connectivity index is 1.52. The van der Waals surface area contributed by atoms with Crippen LogP contribution < -0.4 is 0 Å². The van der Waals surface area contributed by atoms with E-state index in [9.17, 15) is 5.11 Å². The Hall–Kier alpha value is -1.72. The predicted octanol–water partition coefficient (Wildman–Crippen LogP) is 2.58. The lowest BCUT2D eigenvalue weighted by atomic mass is 9.87. The largest absolute Gasteiger partial charge is 0.388 e. The Morgan fingerprint density at radius 1 is 1.27 bits per heavy atom. The van der Waals surface area contributed by atoms with Crippen molar-refractivity contribution in [2.75, 3.05) is 13.1 Å². The molecule has 1 aliphatic heterocycles. The molecule has 1 N–H and O–H groups in total. The lowest BCUT2D eigenvalue weighted by Gasteiger charge is -2.33. The molecule has 0 aliphatic carbocycles. The Morgan fingerprint density at radius 3 is 2.64 bits per heavy atom. The highest BCUT2D eigenvalue weighted by molar-refractivity contribution is 5.18. The number of aliphatic hydroxyl groups is 1. The van der Waals surface area contributed by atoms with Crippen molar-refractivity contribution in [2.45, 2.75) is 38.8 Å². The smallest absolute Gasteiger partial charge is 0.240 e. The second kappa shape index (κ2) is 7.03. The van der Waals surface area contributed by atoms with Crippen molar-refractivity contribution in [1.82, 2.24) is 15.0 Å². The number of aliphatic hydroxyl groups excluding tert-OH is 1. The number of hydrogen-bond acceptors (Lipinski definition) is 5. The summed E-state index contributed by atoms with van der Waals surface area (Å²) in [5, 5.41) is 14.4. The van der Waals surface area contributed by atoms with Gasteiger partial charge < -0.3 is 9.63 Å². The number of benzene rings is 1. The number of nitrogens with zero attached hydrogens (tertiary/aromatic N) is 3. The van der Waals surface area contributed by atoms with Crippen LogP contribution in [0.5, 0.6) is 0 Å². The number of aryl methyl sites for hydroxylation is 1. The summed E-state index contributed by atoms with van der Waals surface area (Å²) in [6.07, 6.45) is 2.42. The molecule has 0 radical (unpaired) electrons. The molecule has 1 fully saturated rings. The van der Waals surface area contributed by atoms with E-state index in [0.717, 1.165) is 43.7 Å². The molecule has 2 aromatic rings.